The molecule has 140 valence electrons. The molecule has 3 aliphatic carbocycles. The summed E-state index contributed by atoms with van der Waals surface area (Å²) in [5, 5.41) is 20.1. The molecule has 1 unspecified atom stereocenters. The Bertz CT molecular complexity index is 483. The van der Waals surface area contributed by atoms with E-state index in [2.05, 4.69) is 48.5 Å². The molecule has 0 radical (unpaired) electrons. The molecule has 3 rings (SSSR count). The van der Waals surface area contributed by atoms with E-state index < -0.39 is 5.60 Å². The van der Waals surface area contributed by atoms with E-state index in [-0.39, 0.29) is 17.9 Å². The van der Waals surface area contributed by atoms with Gasteiger partial charge in [-0.25, -0.2) is 4.89 Å². The molecule has 3 aliphatic rings. The molecule has 0 aromatic rings. The fourth-order valence-corrected chi connectivity index (χ4v) is 7.94. The van der Waals surface area contributed by atoms with E-state index in [9.17, 15) is 5.11 Å². The SMILES string of the molecule is CC1(C)[C@H](Br)CC[C@@]2(C)C3CC[C@](C)(O)[C@H](COO)[C@@]3(C)CC[C@H]12. The van der Waals surface area contributed by atoms with E-state index in [0.29, 0.717) is 27.5 Å². The van der Waals surface area contributed by atoms with Crippen molar-refractivity contribution in [3.63, 3.8) is 0 Å². The van der Waals surface area contributed by atoms with Crippen molar-refractivity contribution in [2.45, 2.75) is 83.6 Å². The Kier molecular flexibility index (Phi) is 4.73. The van der Waals surface area contributed by atoms with Gasteiger partial charge in [0.05, 0.1) is 12.2 Å². The molecule has 3 saturated carbocycles. The van der Waals surface area contributed by atoms with Crippen LogP contribution in [0.25, 0.3) is 0 Å². The van der Waals surface area contributed by atoms with Crippen LogP contribution in [0.15, 0.2) is 0 Å². The van der Waals surface area contributed by atoms with Crippen LogP contribution in [0.3, 0.4) is 0 Å². The molecule has 0 bridgehead atoms. The molecule has 7 atom stereocenters. The van der Waals surface area contributed by atoms with Gasteiger partial charge in [-0.15, -0.1) is 0 Å². The molecule has 3 nitrogen and oxygen atoms in total. The maximum absolute atomic E-state index is 11.0. The van der Waals surface area contributed by atoms with Gasteiger partial charge in [0.25, 0.3) is 0 Å². The van der Waals surface area contributed by atoms with Gasteiger partial charge < -0.3 is 5.11 Å². The lowest BCUT2D eigenvalue weighted by atomic mass is 9.38. The van der Waals surface area contributed by atoms with E-state index in [1.54, 1.807) is 0 Å². The highest BCUT2D eigenvalue weighted by molar-refractivity contribution is 9.09. The monoisotopic (exact) mass is 402 g/mol. The van der Waals surface area contributed by atoms with Gasteiger partial charge >= 0.3 is 0 Å². The predicted molar refractivity (Wildman–Crippen MR) is 100 cm³/mol. The Labute approximate surface area is 155 Å². The quantitative estimate of drug-likeness (QED) is 0.376. The summed E-state index contributed by atoms with van der Waals surface area (Å²) in [5.74, 6) is 1.29. The summed E-state index contributed by atoms with van der Waals surface area (Å²) in [7, 11) is 0. The lowest BCUT2D eigenvalue weighted by Crippen LogP contribution is -2.64. The summed E-state index contributed by atoms with van der Waals surface area (Å²) in [6, 6.07) is 0. The van der Waals surface area contributed by atoms with Crippen LogP contribution in [0.1, 0.15) is 73.1 Å². The van der Waals surface area contributed by atoms with Gasteiger partial charge in [0.1, 0.15) is 0 Å². The van der Waals surface area contributed by atoms with Crippen LogP contribution in [-0.4, -0.2) is 27.4 Å². The highest BCUT2D eigenvalue weighted by Crippen LogP contribution is 2.70. The van der Waals surface area contributed by atoms with Crippen molar-refractivity contribution in [1.82, 2.24) is 0 Å². The first-order valence-electron chi connectivity index (χ1n) is 9.63. The molecular weight excluding hydrogens is 368 g/mol. The Hall–Kier alpha value is 0.360. The maximum atomic E-state index is 11.0. The molecule has 2 N–H and O–H groups in total. The van der Waals surface area contributed by atoms with E-state index in [0.717, 1.165) is 19.3 Å². The summed E-state index contributed by atoms with van der Waals surface area (Å²) >= 11 is 3.96. The number of aliphatic hydroxyl groups is 1. The number of alkyl halides is 1. The molecule has 0 spiro atoms. The second-order valence-corrected chi connectivity index (χ2v) is 11.3. The average molecular weight is 403 g/mol. The smallest absolute Gasteiger partial charge is 0.0880 e. The minimum Gasteiger partial charge on any atom is -0.390 e. The first kappa shape index (κ1) is 19.1. The zero-order valence-electron chi connectivity index (χ0n) is 15.9. The van der Waals surface area contributed by atoms with Gasteiger partial charge in [-0.1, -0.05) is 43.6 Å². The molecule has 3 fully saturated rings. The lowest BCUT2D eigenvalue weighted by Gasteiger charge is -2.68. The van der Waals surface area contributed by atoms with Gasteiger partial charge in [0.15, 0.2) is 0 Å². The normalized spacial score (nSPS) is 54.0. The molecule has 0 heterocycles. The van der Waals surface area contributed by atoms with Crippen molar-refractivity contribution in [3.8, 4) is 0 Å². The second-order valence-electron chi connectivity index (χ2n) is 10.2. The fourth-order valence-electron chi connectivity index (χ4n) is 7.40. The summed E-state index contributed by atoms with van der Waals surface area (Å²) in [5.41, 5.74) is -0.105. The van der Waals surface area contributed by atoms with Crippen molar-refractivity contribution in [2.24, 2.45) is 34.0 Å². The lowest BCUT2D eigenvalue weighted by molar-refractivity contribution is -0.293. The molecule has 0 saturated heterocycles. The second kappa shape index (κ2) is 5.94. The summed E-state index contributed by atoms with van der Waals surface area (Å²) in [6.45, 7) is 11.9. The zero-order valence-corrected chi connectivity index (χ0v) is 17.5. The molecule has 0 aromatic heterocycles. The van der Waals surface area contributed by atoms with Gasteiger partial charge in [-0.05, 0) is 73.5 Å². The third kappa shape index (κ3) is 2.54. The summed E-state index contributed by atoms with van der Waals surface area (Å²) in [4.78, 5) is 5.18. The topological polar surface area (TPSA) is 49.7 Å². The molecule has 0 aliphatic heterocycles. The number of hydrogen-bond donors (Lipinski definition) is 2. The highest BCUT2D eigenvalue weighted by Gasteiger charge is 2.65. The van der Waals surface area contributed by atoms with Crippen LogP contribution < -0.4 is 0 Å². The van der Waals surface area contributed by atoms with E-state index in [1.807, 2.05) is 6.92 Å². The van der Waals surface area contributed by atoms with Crippen LogP contribution in [0.5, 0.6) is 0 Å². The number of rotatable bonds is 2. The Morgan fingerprint density at radius 2 is 1.50 bits per heavy atom. The third-order valence-electron chi connectivity index (χ3n) is 8.73. The van der Waals surface area contributed by atoms with Crippen molar-refractivity contribution >= 4 is 15.9 Å². The van der Waals surface area contributed by atoms with Gasteiger partial charge in [-0.3, -0.25) is 5.26 Å². The van der Waals surface area contributed by atoms with Gasteiger partial charge in [0, 0.05) is 10.7 Å². The number of halogens is 1. The van der Waals surface area contributed by atoms with Crippen molar-refractivity contribution in [1.29, 1.82) is 0 Å². The number of hydrogen-bond acceptors (Lipinski definition) is 3. The summed E-state index contributed by atoms with van der Waals surface area (Å²) in [6.07, 6.45) is 6.70. The number of fused-ring (bicyclic) bond motifs is 3. The molecule has 0 aromatic carbocycles. The van der Waals surface area contributed by atoms with Crippen molar-refractivity contribution < 1.29 is 15.3 Å². The Balaban J connectivity index is 2.00. The first-order valence-corrected chi connectivity index (χ1v) is 10.5. The van der Waals surface area contributed by atoms with Crippen LogP contribution in [0, 0.1) is 34.0 Å². The maximum Gasteiger partial charge on any atom is 0.0880 e. The van der Waals surface area contributed by atoms with Crippen LogP contribution in [0.4, 0.5) is 0 Å². The minimum atomic E-state index is -0.751. The molecule has 0 amide bonds. The van der Waals surface area contributed by atoms with Crippen LogP contribution in [-0.2, 0) is 4.89 Å². The van der Waals surface area contributed by atoms with Crippen molar-refractivity contribution in [2.75, 3.05) is 6.61 Å². The molecule has 4 heteroatoms. The zero-order chi connectivity index (χ0) is 18.0. The standard InChI is InChI=1S/C20H35BrO3/c1-17(2)13-6-9-19(4)14(18(13,3)10-8-16(17)21)7-11-20(5,22)15(19)12-24-23/h13-16,22-23H,6-12H2,1-5H3/t13-,14?,15-,16-,18-,19+,20+/m1/s1. The van der Waals surface area contributed by atoms with E-state index >= 15 is 0 Å². The molecular formula is C20H35BrO3. The van der Waals surface area contributed by atoms with E-state index in [1.165, 1.54) is 19.3 Å². The van der Waals surface area contributed by atoms with E-state index in [4.69, 9.17) is 5.26 Å². The Morgan fingerprint density at radius 1 is 0.917 bits per heavy atom. The van der Waals surface area contributed by atoms with Crippen molar-refractivity contribution in [3.05, 3.63) is 0 Å². The average Bonchev–Trinajstić information content (AvgIpc) is 2.47. The van der Waals surface area contributed by atoms with Gasteiger partial charge in [0.2, 0.25) is 0 Å². The highest BCUT2D eigenvalue weighted by atomic mass is 79.9. The first-order chi connectivity index (χ1) is 11.0. The minimum absolute atomic E-state index is 0.00340. The van der Waals surface area contributed by atoms with Gasteiger partial charge in [-0.2, -0.15) is 0 Å². The third-order valence-corrected chi connectivity index (χ3v) is 10.4. The molecule has 24 heavy (non-hydrogen) atoms. The van der Waals surface area contributed by atoms with Crippen LogP contribution in [0.2, 0.25) is 0 Å². The van der Waals surface area contributed by atoms with Crippen LogP contribution >= 0.6 is 15.9 Å². The largest absolute Gasteiger partial charge is 0.390 e. The predicted octanol–water partition coefficient (Wildman–Crippen LogP) is 5.26. The summed E-state index contributed by atoms with van der Waals surface area (Å²) < 4.78 is 0. The Morgan fingerprint density at radius 3 is 2.12 bits per heavy atom. The fraction of sp³-hybridized carbons (Fsp3) is 1.00.